The van der Waals surface area contributed by atoms with Gasteiger partial charge in [0.15, 0.2) is 0 Å². The number of ether oxygens (including phenoxy) is 1. The Bertz CT molecular complexity index is 538. The van der Waals surface area contributed by atoms with E-state index in [-0.39, 0.29) is 5.69 Å². The molecule has 2 rings (SSSR count). The van der Waals surface area contributed by atoms with Gasteiger partial charge in [-0.2, -0.15) is 4.37 Å². The maximum atomic E-state index is 10.8. The van der Waals surface area contributed by atoms with Crippen molar-refractivity contribution in [3.63, 3.8) is 0 Å². The summed E-state index contributed by atoms with van der Waals surface area (Å²) in [6, 6.07) is 3.12. The van der Waals surface area contributed by atoms with Gasteiger partial charge in [0.25, 0.3) is 5.69 Å². The number of hydrogen-bond donors (Lipinski definition) is 0. The molecular formula is C11H12N2O3S. The van der Waals surface area contributed by atoms with Crippen LogP contribution in [0.5, 0.6) is 5.75 Å². The normalized spacial score (nSPS) is 10.6. The van der Waals surface area contributed by atoms with Crippen molar-refractivity contribution in [3.05, 3.63) is 28.4 Å². The average Bonchev–Trinajstić information content (AvgIpc) is 2.78. The van der Waals surface area contributed by atoms with Gasteiger partial charge in [-0.15, -0.1) is 0 Å². The van der Waals surface area contributed by atoms with Gasteiger partial charge in [0.05, 0.1) is 23.1 Å². The minimum absolute atomic E-state index is 0.0883. The van der Waals surface area contributed by atoms with Crippen molar-refractivity contribution < 1.29 is 9.66 Å². The second kappa shape index (κ2) is 5.09. The van der Waals surface area contributed by atoms with Crippen molar-refractivity contribution in [1.29, 1.82) is 0 Å². The van der Waals surface area contributed by atoms with Gasteiger partial charge < -0.3 is 4.74 Å². The van der Waals surface area contributed by atoms with Crippen molar-refractivity contribution in [2.24, 2.45) is 0 Å². The molecule has 0 fully saturated rings. The van der Waals surface area contributed by atoms with Crippen molar-refractivity contribution in [2.75, 3.05) is 6.61 Å². The third kappa shape index (κ3) is 2.36. The quantitative estimate of drug-likeness (QED) is 0.465. The molecule has 1 aromatic heterocycles. The maximum Gasteiger partial charge on any atom is 0.288 e. The van der Waals surface area contributed by atoms with Crippen LogP contribution in [0.3, 0.4) is 0 Å². The molecule has 17 heavy (non-hydrogen) atoms. The fourth-order valence-corrected chi connectivity index (χ4v) is 2.27. The van der Waals surface area contributed by atoms with Crippen molar-refractivity contribution in [3.8, 4) is 5.75 Å². The average molecular weight is 252 g/mol. The summed E-state index contributed by atoms with van der Waals surface area (Å²) < 4.78 is 10.2. The van der Waals surface area contributed by atoms with Gasteiger partial charge in [-0.25, -0.2) is 0 Å². The van der Waals surface area contributed by atoms with E-state index in [1.165, 1.54) is 6.07 Å². The molecule has 90 valence electrons. The van der Waals surface area contributed by atoms with E-state index in [0.29, 0.717) is 17.1 Å². The third-order valence-electron chi connectivity index (χ3n) is 2.41. The topological polar surface area (TPSA) is 65.3 Å². The molecule has 0 atom stereocenters. The van der Waals surface area contributed by atoms with E-state index in [1.54, 1.807) is 12.3 Å². The Morgan fingerprint density at radius 3 is 3.06 bits per heavy atom. The van der Waals surface area contributed by atoms with Gasteiger partial charge in [0.1, 0.15) is 10.4 Å². The first-order valence-corrected chi connectivity index (χ1v) is 6.16. The summed E-state index contributed by atoms with van der Waals surface area (Å²) in [6.45, 7) is 2.71. The monoisotopic (exact) mass is 252 g/mol. The number of unbranched alkanes of at least 4 members (excludes halogenated alkanes) is 1. The van der Waals surface area contributed by atoms with Crippen LogP contribution in [-0.2, 0) is 0 Å². The largest absolute Gasteiger partial charge is 0.493 e. The molecule has 0 N–H and O–H groups in total. The number of nitro benzene ring substituents is 1. The first-order chi connectivity index (χ1) is 8.24. The fraction of sp³-hybridized carbons (Fsp3) is 0.364. The van der Waals surface area contributed by atoms with Crippen molar-refractivity contribution in [1.82, 2.24) is 4.37 Å². The van der Waals surface area contributed by atoms with E-state index in [0.717, 1.165) is 29.8 Å². The standard InChI is InChI=1S/C11H12N2O3S/c1-2-3-6-16-10-5-4-9(13(14)15)11-8(10)7-12-17-11/h4-5,7H,2-3,6H2,1H3. The Kier molecular flexibility index (Phi) is 3.53. The molecule has 0 saturated heterocycles. The Morgan fingerprint density at radius 1 is 1.53 bits per heavy atom. The molecule has 1 heterocycles. The van der Waals surface area contributed by atoms with E-state index in [4.69, 9.17) is 4.74 Å². The summed E-state index contributed by atoms with van der Waals surface area (Å²) in [5, 5.41) is 11.6. The number of nitro groups is 1. The molecule has 0 amide bonds. The van der Waals surface area contributed by atoms with Crippen LogP contribution in [-0.4, -0.2) is 15.9 Å². The molecule has 1 aromatic carbocycles. The minimum Gasteiger partial charge on any atom is -0.493 e. The first-order valence-electron chi connectivity index (χ1n) is 5.38. The Morgan fingerprint density at radius 2 is 2.35 bits per heavy atom. The molecule has 0 aliphatic heterocycles. The molecule has 0 aliphatic rings. The van der Waals surface area contributed by atoms with Gasteiger partial charge in [-0.1, -0.05) is 13.3 Å². The van der Waals surface area contributed by atoms with E-state index in [2.05, 4.69) is 11.3 Å². The number of aromatic nitrogens is 1. The lowest BCUT2D eigenvalue weighted by molar-refractivity contribution is -0.382. The van der Waals surface area contributed by atoms with Gasteiger partial charge >= 0.3 is 0 Å². The van der Waals surface area contributed by atoms with Crippen LogP contribution < -0.4 is 4.74 Å². The predicted molar refractivity (Wildman–Crippen MR) is 66.7 cm³/mol. The van der Waals surface area contributed by atoms with E-state index < -0.39 is 4.92 Å². The van der Waals surface area contributed by atoms with Crippen LogP contribution in [0.2, 0.25) is 0 Å². The smallest absolute Gasteiger partial charge is 0.288 e. The molecule has 0 radical (unpaired) electrons. The molecule has 6 heteroatoms. The van der Waals surface area contributed by atoms with E-state index in [9.17, 15) is 10.1 Å². The molecule has 0 spiro atoms. The number of benzene rings is 1. The van der Waals surface area contributed by atoms with Crippen molar-refractivity contribution in [2.45, 2.75) is 19.8 Å². The number of hydrogen-bond acceptors (Lipinski definition) is 5. The second-order valence-corrected chi connectivity index (χ2v) is 4.41. The minimum atomic E-state index is -0.393. The summed E-state index contributed by atoms with van der Waals surface area (Å²) in [6.07, 6.45) is 3.64. The Balaban J connectivity index is 2.36. The molecule has 0 aliphatic carbocycles. The maximum absolute atomic E-state index is 10.8. The zero-order valence-electron chi connectivity index (χ0n) is 9.38. The summed E-state index contributed by atoms with van der Waals surface area (Å²) in [5.74, 6) is 0.674. The lowest BCUT2D eigenvalue weighted by Crippen LogP contribution is -1.97. The number of fused-ring (bicyclic) bond motifs is 1. The lowest BCUT2D eigenvalue weighted by Gasteiger charge is -2.06. The summed E-state index contributed by atoms with van der Waals surface area (Å²) in [4.78, 5) is 10.4. The molecule has 2 aromatic rings. The summed E-state index contributed by atoms with van der Waals surface area (Å²) >= 11 is 1.12. The van der Waals surface area contributed by atoms with Crippen LogP contribution in [0.1, 0.15) is 19.8 Å². The molecule has 5 nitrogen and oxygen atoms in total. The highest BCUT2D eigenvalue weighted by molar-refractivity contribution is 7.14. The second-order valence-electron chi connectivity index (χ2n) is 3.61. The number of rotatable bonds is 5. The van der Waals surface area contributed by atoms with E-state index in [1.807, 2.05) is 0 Å². The van der Waals surface area contributed by atoms with Crippen LogP contribution >= 0.6 is 11.5 Å². The number of nitrogens with zero attached hydrogens (tertiary/aromatic N) is 2. The van der Waals surface area contributed by atoms with Crippen molar-refractivity contribution >= 4 is 27.3 Å². The van der Waals surface area contributed by atoms with E-state index >= 15 is 0 Å². The summed E-state index contributed by atoms with van der Waals surface area (Å²) in [5.41, 5.74) is 0.0883. The van der Waals surface area contributed by atoms with Gasteiger partial charge in [-0.3, -0.25) is 10.1 Å². The zero-order valence-corrected chi connectivity index (χ0v) is 10.2. The van der Waals surface area contributed by atoms with Gasteiger partial charge in [0, 0.05) is 6.07 Å². The number of non-ortho nitro benzene ring substituents is 1. The van der Waals surface area contributed by atoms with Gasteiger partial charge in [-0.05, 0) is 24.0 Å². The van der Waals surface area contributed by atoms with Gasteiger partial charge in [0.2, 0.25) is 0 Å². The molecule has 0 unspecified atom stereocenters. The molecule has 0 saturated carbocycles. The molecule has 0 bridgehead atoms. The SMILES string of the molecule is CCCCOc1ccc([N+](=O)[O-])c2sncc12. The zero-order chi connectivity index (χ0) is 12.3. The highest BCUT2D eigenvalue weighted by Crippen LogP contribution is 2.35. The molecular weight excluding hydrogens is 240 g/mol. The Hall–Kier alpha value is -1.69. The van der Waals surface area contributed by atoms with Crippen LogP contribution in [0.15, 0.2) is 18.3 Å². The summed E-state index contributed by atoms with van der Waals surface area (Å²) in [7, 11) is 0. The predicted octanol–water partition coefficient (Wildman–Crippen LogP) is 3.38. The van der Waals surface area contributed by atoms with Crippen LogP contribution in [0.25, 0.3) is 10.1 Å². The first kappa shape index (κ1) is 11.8. The highest BCUT2D eigenvalue weighted by Gasteiger charge is 2.16. The highest BCUT2D eigenvalue weighted by atomic mass is 32.1. The Labute approximate surface area is 102 Å². The van der Waals surface area contributed by atoms with Crippen LogP contribution in [0, 0.1) is 10.1 Å². The lowest BCUT2D eigenvalue weighted by atomic mass is 10.2. The van der Waals surface area contributed by atoms with Crippen LogP contribution in [0.4, 0.5) is 5.69 Å². The fourth-order valence-electron chi connectivity index (χ4n) is 1.52. The third-order valence-corrected chi connectivity index (χ3v) is 3.24.